The van der Waals surface area contributed by atoms with Gasteiger partial charge in [-0.2, -0.15) is 0 Å². The van der Waals surface area contributed by atoms with Gasteiger partial charge in [0, 0.05) is 19.5 Å². The number of nitrogens with zero attached hydrogens (tertiary/aromatic N) is 2. The van der Waals surface area contributed by atoms with Gasteiger partial charge in [0.05, 0.1) is 17.3 Å². The van der Waals surface area contributed by atoms with Gasteiger partial charge in [-0.15, -0.1) is 0 Å². The third-order valence-electron chi connectivity index (χ3n) is 3.63. The van der Waals surface area contributed by atoms with E-state index in [1.54, 1.807) is 29.2 Å². The van der Waals surface area contributed by atoms with Crippen molar-refractivity contribution in [2.45, 2.75) is 26.8 Å². The molecule has 0 unspecified atom stereocenters. The van der Waals surface area contributed by atoms with Crippen molar-refractivity contribution in [2.75, 3.05) is 13.1 Å². The highest BCUT2D eigenvalue weighted by molar-refractivity contribution is 5.80. The fourth-order valence-corrected chi connectivity index (χ4v) is 2.47. The van der Waals surface area contributed by atoms with Gasteiger partial charge in [-0.3, -0.25) is 19.5 Å². The van der Waals surface area contributed by atoms with Crippen LogP contribution in [0.5, 0.6) is 0 Å². The SMILES string of the molecule is C=C(C)CN(CC)C(=O)CCn1[nH]c(=O)c2ccccc2c1=O. The number of rotatable bonds is 6. The standard InChI is InChI=1S/C17H21N3O3/c1-4-19(11-12(2)3)15(21)9-10-20-17(23)14-8-6-5-7-13(14)16(22)18-20/h5-8H,2,4,9-11H2,1,3H3,(H,18,22). The molecule has 0 aliphatic carbocycles. The van der Waals surface area contributed by atoms with Crippen LogP contribution >= 0.6 is 0 Å². The van der Waals surface area contributed by atoms with Crippen molar-refractivity contribution >= 4 is 16.7 Å². The van der Waals surface area contributed by atoms with E-state index < -0.39 is 0 Å². The molecule has 2 aromatic rings. The Hall–Kier alpha value is -2.63. The predicted molar refractivity (Wildman–Crippen MR) is 90.5 cm³/mol. The molecule has 1 amide bonds. The second-order valence-electron chi connectivity index (χ2n) is 5.56. The average molecular weight is 315 g/mol. The van der Waals surface area contributed by atoms with Gasteiger partial charge in [-0.05, 0) is 26.0 Å². The number of carbonyl (C=O) groups is 1. The monoisotopic (exact) mass is 315 g/mol. The van der Waals surface area contributed by atoms with Crippen LogP contribution in [0.15, 0.2) is 46.0 Å². The van der Waals surface area contributed by atoms with E-state index in [1.165, 1.54) is 4.68 Å². The first kappa shape index (κ1) is 16.7. The third-order valence-corrected chi connectivity index (χ3v) is 3.63. The smallest absolute Gasteiger partial charge is 0.273 e. The summed E-state index contributed by atoms with van der Waals surface area (Å²) in [6.45, 7) is 8.78. The predicted octanol–water partition coefficient (Wildman–Crippen LogP) is 1.50. The normalized spacial score (nSPS) is 10.7. The molecule has 0 bridgehead atoms. The molecule has 0 aliphatic rings. The molecule has 0 saturated heterocycles. The molecule has 0 atom stereocenters. The summed E-state index contributed by atoms with van der Waals surface area (Å²) in [5.41, 5.74) is 0.273. The molecule has 0 fully saturated rings. The Morgan fingerprint density at radius 3 is 2.52 bits per heavy atom. The number of nitrogens with one attached hydrogen (secondary N) is 1. The molecule has 122 valence electrons. The highest BCUT2D eigenvalue weighted by Crippen LogP contribution is 2.04. The maximum atomic E-state index is 12.4. The molecule has 6 nitrogen and oxygen atoms in total. The zero-order valence-electron chi connectivity index (χ0n) is 13.5. The lowest BCUT2D eigenvalue weighted by Crippen LogP contribution is -2.35. The first-order valence-corrected chi connectivity index (χ1v) is 7.58. The molecular formula is C17H21N3O3. The van der Waals surface area contributed by atoms with Crippen molar-refractivity contribution < 1.29 is 4.79 Å². The lowest BCUT2D eigenvalue weighted by Gasteiger charge is -2.21. The van der Waals surface area contributed by atoms with E-state index in [0.717, 1.165) is 5.57 Å². The van der Waals surface area contributed by atoms with E-state index in [1.807, 2.05) is 13.8 Å². The maximum Gasteiger partial charge on any atom is 0.273 e. The number of aryl methyl sites for hydroxylation is 1. The minimum absolute atomic E-state index is 0.0728. The Morgan fingerprint density at radius 1 is 1.26 bits per heavy atom. The number of fused-ring (bicyclic) bond motifs is 1. The molecule has 0 saturated carbocycles. The molecule has 23 heavy (non-hydrogen) atoms. The molecule has 1 N–H and O–H groups in total. The van der Waals surface area contributed by atoms with E-state index in [-0.39, 0.29) is 30.0 Å². The summed E-state index contributed by atoms with van der Waals surface area (Å²) in [6.07, 6.45) is 0.148. The Balaban J connectivity index is 2.21. The Kier molecular flexibility index (Phi) is 5.16. The number of likely N-dealkylation sites (N-methyl/N-ethyl adjacent to an activating group) is 1. The summed E-state index contributed by atoms with van der Waals surface area (Å²) in [5.74, 6) is -0.0728. The second-order valence-corrected chi connectivity index (χ2v) is 5.56. The lowest BCUT2D eigenvalue weighted by atomic mass is 10.2. The number of aromatic nitrogens is 2. The van der Waals surface area contributed by atoms with Crippen molar-refractivity contribution in [2.24, 2.45) is 0 Å². The summed E-state index contributed by atoms with van der Waals surface area (Å²) < 4.78 is 1.21. The van der Waals surface area contributed by atoms with Gasteiger partial charge in [-0.1, -0.05) is 24.3 Å². The van der Waals surface area contributed by atoms with Gasteiger partial charge in [0.2, 0.25) is 5.91 Å². The summed E-state index contributed by atoms with van der Waals surface area (Å²) in [4.78, 5) is 38.3. The van der Waals surface area contributed by atoms with Crippen LogP contribution in [0.1, 0.15) is 20.3 Å². The molecule has 0 aliphatic heterocycles. The molecule has 6 heteroatoms. The quantitative estimate of drug-likeness (QED) is 0.821. The number of hydrogen-bond acceptors (Lipinski definition) is 3. The first-order valence-electron chi connectivity index (χ1n) is 7.58. The molecule has 0 radical (unpaired) electrons. The highest BCUT2D eigenvalue weighted by Gasteiger charge is 2.13. The molecule has 1 aromatic carbocycles. The van der Waals surface area contributed by atoms with Crippen molar-refractivity contribution in [1.82, 2.24) is 14.7 Å². The molecule has 1 heterocycles. The van der Waals surface area contributed by atoms with Gasteiger partial charge in [0.15, 0.2) is 0 Å². The Morgan fingerprint density at radius 2 is 1.91 bits per heavy atom. The average Bonchev–Trinajstić information content (AvgIpc) is 2.54. The fraction of sp³-hybridized carbons (Fsp3) is 0.353. The van der Waals surface area contributed by atoms with Crippen molar-refractivity contribution in [1.29, 1.82) is 0 Å². The summed E-state index contributed by atoms with van der Waals surface area (Å²) >= 11 is 0. The Labute approximate surface area is 134 Å². The molecular weight excluding hydrogens is 294 g/mol. The van der Waals surface area contributed by atoms with E-state index in [0.29, 0.717) is 23.9 Å². The molecule has 0 spiro atoms. The first-order chi connectivity index (χ1) is 10.9. The zero-order chi connectivity index (χ0) is 17.0. The zero-order valence-corrected chi connectivity index (χ0v) is 13.5. The van der Waals surface area contributed by atoms with Crippen LogP contribution in [0.4, 0.5) is 0 Å². The Bertz CT molecular complexity index is 848. The van der Waals surface area contributed by atoms with Crippen LogP contribution in [-0.2, 0) is 11.3 Å². The van der Waals surface area contributed by atoms with E-state index in [9.17, 15) is 14.4 Å². The number of benzene rings is 1. The summed E-state index contributed by atoms with van der Waals surface area (Å²) in [7, 11) is 0. The topological polar surface area (TPSA) is 75.2 Å². The van der Waals surface area contributed by atoms with Crippen LogP contribution in [0.25, 0.3) is 10.8 Å². The van der Waals surface area contributed by atoms with Gasteiger partial charge in [0.25, 0.3) is 11.1 Å². The van der Waals surface area contributed by atoms with Crippen LogP contribution in [0.2, 0.25) is 0 Å². The van der Waals surface area contributed by atoms with Crippen LogP contribution in [-0.4, -0.2) is 33.7 Å². The van der Waals surface area contributed by atoms with E-state index in [2.05, 4.69) is 11.7 Å². The number of amides is 1. The summed E-state index contributed by atoms with van der Waals surface area (Å²) in [6, 6.07) is 6.65. The van der Waals surface area contributed by atoms with E-state index >= 15 is 0 Å². The van der Waals surface area contributed by atoms with E-state index in [4.69, 9.17) is 0 Å². The van der Waals surface area contributed by atoms with Crippen molar-refractivity contribution in [3.05, 3.63) is 57.1 Å². The number of hydrogen-bond donors (Lipinski definition) is 1. The minimum Gasteiger partial charge on any atom is -0.339 e. The second kappa shape index (κ2) is 7.09. The van der Waals surface area contributed by atoms with Crippen molar-refractivity contribution in [3.63, 3.8) is 0 Å². The van der Waals surface area contributed by atoms with Gasteiger partial charge >= 0.3 is 0 Å². The van der Waals surface area contributed by atoms with Crippen LogP contribution in [0.3, 0.4) is 0 Å². The number of carbonyl (C=O) groups excluding carboxylic acids is 1. The number of aromatic amines is 1. The third kappa shape index (κ3) is 3.77. The maximum absolute atomic E-state index is 12.4. The lowest BCUT2D eigenvalue weighted by molar-refractivity contribution is -0.130. The molecule has 2 rings (SSSR count). The highest BCUT2D eigenvalue weighted by atomic mass is 16.2. The van der Waals surface area contributed by atoms with Gasteiger partial charge in [-0.25, -0.2) is 4.68 Å². The van der Waals surface area contributed by atoms with Crippen LogP contribution in [0, 0.1) is 0 Å². The van der Waals surface area contributed by atoms with Crippen LogP contribution < -0.4 is 11.1 Å². The minimum atomic E-state index is -0.332. The van der Waals surface area contributed by atoms with Gasteiger partial charge < -0.3 is 4.90 Å². The molecule has 1 aromatic heterocycles. The number of H-pyrrole nitrogens is 1. The largest absolute Gasteiger partial charge is 0.339 e. The fourth-order valence-electron chi connectivity index (χ4n) is 2.47. The van der Waals surface area contributed by atoms with Gasteiger partial charge in [0.1, 0.15) is 0 Å². The summed E-state index contributed by atoms with van der Waals surface area (Å²) in [5, 5.41) is 3.25. The van der Waals surface area contributed by atoms with Crippen molar-refractivity contribution in [3.8, 4) is 0 Å².